The van der Waals surface area contributed by atoms with Gasteiger partial charge in [-0.3, -0.25) is 0 Å². The van der Waals surface area contributed by atoms with Crippen LogP contribution in [0.3, 0.4) is 0 Å². The maximum absolute atomic E-state index is 5.60. The number of methoxy groups -OCH3 is 1. The first-order chi connectivity index (χ1) is 12.9. The number of pyridine rings is 1. The van der Waals surface area contributed by atoms with Crippen molar-refractivity contribution in [1.82, 2.24) is 4.98 Å². The third kappa shape index (κ3) is 3.14. The van der Waals surface area contributed by atoms with Crippen molar-refractivity contribution in [3.63, 3.8) is 0 Å². The van der Waals surface area contributed by atoms with E-state index in [1.54, 1.807) is 13.3 Å². The molecular weight excluding hydrogens is 320 g/mol. The highest BCUT2D eigenvalue weighted by Crippen LogP contribution is 2.37. The Kier molecular flexibility index (Phi) is 4.57. The number of ether oxygens (including phenoxy) is 1. The van der Waals surface area contributed by atoms with Gasteiger partial charge in [-0.05, 0) is 47.7 Å². The van der Waals surface area contributed by atoms with Crippen LogP contribution in [0.4, 0.5) is 5.69 Å². The predicted molar refractivity (Wildman–Crippen MR) is 104 cm³/mol. The summed E-state index contributed by atoms with van der Waals surface area (Å²) in [6, 6.07) is 22.5. The van der Waals surface area contributed by atoms with Gasteiger partial charge in [0.05, 0.1) is 12.8 Å². The second kappa shape index (κ2) is 7.33. The van der Waals surface area contributed by atoms with Gasteiger partial charge in [-0.25, -0.2) is 4.98 Å². The van der Waals surface area contributed by atoms with E-state index in [0.29, 0.717) is 0 Å². The minimum atomic E-state index is -0.0294. The van der Waals surface area contributed by atoms with Gasteiger partial charge in [0.1, 0.15) is 17.5 Å². The molecule has 1 aliphatic rings. The molecule has 0 spiro atoms. The van der Waals surface area contributed by atoms with Gasteiger partial charge < -0.3 is 9.64 Å². The molecule has 4 rings (SSSR count). The van der Waals surface area contributed by atoms with Crippen molar-refractivity contribution in [2.75, 3.05) is 18.6 Å². The Morgan fingerprint density at radius 2 is 1.81 bits per heavy atom. The van der Waals surface area contributed by atoms with Crippen LogP contribution in [0, 0.1) is 11.8 Å². The van der Waals surface area contributed by atoms with E-state index in [-0.39, 0.29) is 6.04 Å². The van der Waals surface area contributed by atoms with Crippen LogP contribution >= 0.6 is 0 Å². The number of hydrogen-bond donors (Lipinski definition) is 0. The molecule has 3 aromatic rings. The predicted octanol–water partition coefficient (Wildman–Crippen LogP) is 4.25. The SMILES string of the molecule is COc1ccccc1N1CCc2ccccc2C1C#Cc1ccccn1. The molecule has 0 radical (unpaired) electrons. The molecule has 0 bridgehead atoms. The second-order valence-corrected chi connectivity index (χ2v) is 6.20. The molecule has 0 saturated heterocycles. The maximum atomic E-state index is 5.60. The molecule has 0 fully saturated rings. The zero-order valence-corrected chi connectivity index (χ0v) is 14.7. The van der Waals surface area contributed by atoms with E-state index in [0.717, 1.165) is 30.1 Å². The lowest BCUT2D eigenvalue weighted by Crippen LogP contribution is -2.35. The highest BCUT2D eigenvalue weighted by atomic mass is 16.5. The van der Waals surface area contributed by atoms with E-state index in [2.05, 4.69) is 52.1 Å². The number of aromatic nitrogens is 1. The molecule has 128 valence electrons. The first-order valence-corrected chi connectivity index (χ1v) is 8.77. The minimum Gasteiger partial charge on any atom is -0.495 e. The van der Waals surface area contributed by atoms with Crippen LogP contribution in [0.1, 0.15) is 22.9 Å². The fraction of sp³-hybridized carbons (Fsp3) is 0.174. The van der Waals surface area contributed by atoms with E-state index in [1.165, 1.54) is 11.1 Å². The van der Waals surface area contributed by atoms with Crippen molar-refractivity contribution < 1.29 is 4.74 Å². The molecule has 1 unspecified atom stereocenters. The Hall–Kier alpha value is -3.25. The summed E-state index contributed by atoms with van der Waals surface area (Å²) in [6.45, 7) is 0.902. The number of fused-ring (bicyclic) bond motifs is 1. The summed E-state index contributed by atoms with van der Waals surface area (Å²) in [5, 5.41) is 0. The molecule has 2 heterocycles. The fourth-order valence-electron chi connectivity index (χ4n) is 3.43. The summed E-state index contributed by atoms with van der Waals surface area (Å²) >= 11 is 0. The first kappa shape index (κ1) is 16.2. The molecule has 0 N–H and O–H groups in total. The molecule has 0 amide bonds. The molecule has 3 nitrogen and oxygen atoms in total. The molecule has 0 saturated carbocycles. The molecule has 26 heavy (non-hydrogen) atoms. The lowest BCUT2D eigenvalue weighted by Gasteiger charge is -2.36. The second-order valence-electron chi connectivity index (χ2n) is 6.20. The third-order valence-corrected chi connectivity index (χ3v) is 4.68. The van der Waals surface area contributed by atoms with Crippen molar-refractivity contribution in [2.45, 2.75) is 12.5 Å². The molecule has 2 aromatic carbocycles. The average molecular weight is 340 g/mol. The molecule has 1 atom stereocenters. The Balaban J connectivity index is 1.80. The van der Waals surface area contributed by atoms with Gasteiger partial charge in [0.15, 0.2) is 0 Å². The number of rotatable bonds is 2. The summed E-state index contributed by atoms with van der Waals surface area (Å²) in [6.07, 6.45) is 2.77. The van der Waals surface area contributed by atoms with Gasteiger partial charge in [-0.2, -0.15) is 0 Å². The Morgan fingerprint density at radius 1 is 1.00 bits per heavy atom. The van der Waals surface area contributed by atoms with E-state index in [1.807, 2.05) is 36.4 Å². The van der Waals surface area contributed by atoms with Crippen LogP contribution < -0.4 is 9.64 Å². The zero-order valence-electron chi connectivity index (χ0n) is 14.7. The lowest BCUT2D eigenvalue weighted by atomic mass is 9.92. The normalized spacial score (nSPS) is 15.6. The van der Waals surface area contributed by atoms with Crippen molar-refractivity contribution in [3.05, 3.63) is 89.7 Å². The smallest absolute Gasteiger partial charge is 0.142 e. The highest BCUT2D eigenvalue weighted by Gasteiger charge is 2.27. The largest absolute Gasteiger partial charge is 0.495 e. The standard InChI is InChI=1S/C23H20N2O/c1-26-23-12-5-4-11-22(23)25-17-15-18-8-2-3-10-20(18)21(25)14-13-19-9-6-7-16-24-19/h2-12,16,21H,15,17H2,1H3. The number of benzene rings is 2. The summed E-state index contributed by atoms with van der Waals surface area (Å²) in [7, 11) is 1.71. The number of hydrogen-bond acceptors (Lipinski definition) is 3. The average Bonchev–Trinajstić information content (AvgIpc) is 2.72. The summed E-state index contributed by atoms with van der Waals surface area (Å²) < 4.78 is 5.60. The number of anilines is 1. The van der Waals surface area contributed by atoms with Crippen LogP contribution in [-0.4, -0.2) is 18.6 Å². The molecule has 1 aromatic heterocycles. The summed E-state index contributed by atoms with van der Waals surface area (Å²) in [4.78, 5) is 6.66. The van der Waals surface area contributed by atoms with Crippen LogP contribution in [0.15, 0.2) is 72.9 Å². The maximum Gasteiger partial charge on any atom is 0.142 e. The molecule has 1 aliphatic heterocycles. The van der Waals surface area contributed by atoms with Gasteiger partial charge in [0.2, 0.25) is 0 Å². The van der Waals surface area contributed by atoms with Crippen LogP contribution in [0.5, 0.6) is 5.75 Å². The number of nitrogens with zero attached hydrogens (tertiary/aromatic N) is 2. The van der Waals surface area contributed by atoms with Crippen LogP contribution in [0.25, 0.3) is 0 Å². The fourth-order valence-corrected chi connectivity index (χ4v) is 3.43. The molecule has 0 aliphatic carbocycles. The Morgan fingerprint density at radius 3 is 2.65 bits per heavy atom. The van der Waals surface area contributed by atoms with Crippen molar-refractivity contribution >= 4 is 5.69 Å². The van der Waals surface area contributed by atoms with Gasteiger partial charge in [-0.1, -0.05) is 48.4 Å². The quantitative estimate of drug-likeness (QED) is 0.652. The minimum absolute atomic E-state index is 0.0294. The summed E-state index contributed by atoms with van der Waals surface area (Å²) in [5.41, 5.74) is 4.48. The Labute approximate surface area is 154 Å². The van der Waals surface area contributed by atoms with Gasteiger partial charge in [0.25, 0.3) is 0 Å². The van der Waals surface area contributed by atoms with E-state index < -0.39 is 0 Å². The first-order valence-electron chi connectivity index (χ1n) is 8.77. The third-order valence-electron chi connectivity index (χ3n) is 4.68. The van der Waals surface area contributed by atoms with E-state index in [4.69, 9.17) is 4.74 Å². The van der Waals surface area contributed by atoms with Crippen molar-refractivity contribution in [1.29, 1.82) is 0 Å². The summed E-state index contributed by atoms with van der Waals surface area (Å²) in [5.74, 6) is 7.57. The monoisotopic (exact) mass is 340 g/mol. The lowest BCUT2D eigenvalue weighted by molar-refractivity contribution is 0.413. The molecule has 3 heteroatoms. The molecular formula is C23H20N2O. The van der Waals surface area contributed by atoms with Gasteiger partial charge in [-0.15, -0.1) is 0 Å². The van der Waals surface area contributed by atoms with Crippen molar-refractivity contribution in [2.24, 2.45) is 0 Å². The van der Waals surface area contributed by atoms with Gasteiger partial charge in [0, 0.05) is 12.7 Å². The van der Waals surface area contributed by atoms with E-state index >= 15 is 0 Å². The van der Waals surface area contributed by atoms with Crippen LogP contribution in [-0.2, 0) is 6.42 Å². The van der Waals surface area contributed by atoms with Gasteiger partial charge >= 0.3 is 0 Å². The van der Waals surface area contributed by atoms with E-state index in [9.17, 15) is 0 Å². The van der Waals surface area contributed by atoms with Crippen molar-refractivity contribution in [3.8, 4) is 17.6 Å². The van der Waals surface area contributed by atoms with Crippen LogP contribution in [0.2, 0.25) is 0 Å². The zero-order chi connectivity index (χ0) is 17.8. The topological polar surface area (TPSA) is 25.4 Å². The highest BCUT2D eigenvalue weighted by molar-refractivity contribution is 5.63. The number of para-hydroxylation sites is 2. The Bertz CT molecular complexity index is 956.